The molecule has 0 fully saturated rings. The van der Waals surface area contributed by atoms with Crippen molar-refractivity contribution in [2.75, 3.05) is 0 Å². The highest BCUT2D eigenvalue weighted by Gasteiger charge is 2.33. The molecule has 2 heteroatoms. The summed E-state index contributed by atoms with van der Waals surface area (Å²) in [5, 5.41) is 22.4. The minimum Gasteiger partial charge on any atom is -0.508 e. The molecule has 5 aromatic rings. The number of rotatable bonds is 8. The number of phenols is 2. The Morgan fingerprint density at radius 1 is 0.318 bits per heavy atom. The number of aromatic hydroxyl groups is 2. The summed E-state index contributed by atoms with van der Waals surface area (Å²) >= 11 is 0. The third-order valence-electron chi connectivity index (χ3n) is 10.1. The van der Waals surface area contributed by atoms with E-state index < -0.39 is 10.8 Å². The largest absolute Gasteiger partial charge is 0.508 e. The Hall–Kier alpha value is -4.30. The van der Waals surface area contributed by atoms with Gasteiger partial charge in [0, 0.05) is 32.8 Å². The average Bonchev–Trinajstić information content (AvgIpc) is 3.02. The number of phenolic OH excluding ortho intramolecular Hbond substituents is 2. The topological polar surface area (TPSA) is 40.5 Å². The van der Waals surface area contributed by atoms with Crippen LogP contribution in [0.5, 0.6) is 11.5 Å². The van der Waals surface area contributed by atoms with E-state index in [0.717, 1.165) is 33.4 Å². The minimum absolute atomic E-state index is 0.223. The molecule has 0 saturated carbocycles. The summed E-state index contributed by atoms with van der Waals surface area (Å²) in [6.45, 7) is 17.6. The molecule has 0 aromatic heterocycles. The molecular weight excluding hydrogens is 536 g/mol. The number of hydrogen-bond acceptors (Lipinski definition) is 2. The van der Waals surface area contributed by atoms with E-state index in [0.29, 0.717) is 11.5 Å². The van der Waals surface area contributed by atoms with Gasteiger partial charge in [-0.2, -0.15) is 0 Å². The van der Waals surface area contributed by atoms with Gasteiger partial charge >= 0.3 is 0 Å². The fourth-order valence-corrected chi connectivity index (χ4v) is 6.50. The van der Waals surface area contributed by atoms with Crippen molar-refractivity contribution in [3.05, 3.63) is 166 Å². The van der Waals surface area contributed by atoms with E-state index >= 15 is 0 Å². The van der Waals surface area contributed by atoms with Gasteiger partial charge in [0.15, 0.2) is 0 Å². The van der Waals surface area contributed by atoms with Crippen LogP contribution in [-0.2, 0) is 21.7 Å². The number of hydrogen-bond donors (Lipinski definition) is 2. The third kappa shape index (κ3) is 5.54. The van der Waals surface area contributed by atoms with E-state index in [4.69, 9.17) is 0 Å². The Kier molecular flexibility index (Phi) is 8.01. The van der Waals surface area contributed by atoms with E-state index in [9.17, 15) is 10.2 Å². The molecule has 2 N–H and O–H groups in total. The Balaban J connectivity index is 1.55. The molecule has 0 spiro atoms. The molecule has 0 heterocycles. The molecule has 0 amide bonds. The van der Waals surface area contributed by atoms with Crippen LogP contribution in [0.25, 0.3) is 0 Å². The van der Waals surface area contributed by atoms with Crippen molar-refractivity contribution in [1.29, 1.82) is 0 Å². The molecule has 0 atom stereocenters. The number of benzene rings is 5. The van der Waals surface area contributed by atoms with E-state index in [1.54, 1.807) is 0 Å². The van der Waals surface area contributed by atoms with Crippen LogP contribution < -0.4 is 0 Å². The van der Waals surface area contributed by atoms with Gasteiger partial charge in [0.25, 0.3) is 0 Å². The molecular formula is C42H46O2. The maximum absolute atomic E-state index is 11.2. The molecule has 0 radical (unpaired) electrons. The minimum atomic E-state index is -0.474. The van der Waals surface area contributed by atoms with Gasteiger partial charge in [0.2, 0.25) is 0 Å². The summed E-state index contributed by atoms with van der Waals surface area (Å²) in [5.41, 5.74) is 7.38. The molecule has 0 aliphatic heterocycles. The van der Waals surface area contributed by atoms with Gasteiger partial charge in [0.1, 0.15) is 11.5 Å². The first kappa shape index (κ1) is 31.1. The second-order valence-corrected chi connectivity index (χ2v) is 14.3. The summed E-state index contributed by atoms with van der Waals surface area (Å²) in [7, 11) is 0. The summed E-state index contributed by atoms with van der Waals surface area (Å²) < 4.78 is 0. The highest BCUT2D eigenvalue weighted by atomic mass is 16.3. The lowest BCUT2D eigenvalue weighted by molar-refractivity contribution is 0.450. The van der Waals surface area contributed by atoms with E-state index in [-0.39, 0.29) is 10.8 Å². The first-order chi connectivity index (χ1) is 20.7. The first-order valence-corrected chi connectivity index (χ1v) is 15.6. The van der Waals surface area contributed by atoms with Gasteiger partial charge in [-0.05, 0) is 45.5 Å². The Bertz CT molecular complexity index is 1630. The maximum Gasteiger partial charge on any atom is 0.119 e. The molecule has 5 rings (SSSR count). The summed E-state index contributed by atoms with van der Waals surface area (Å²) in [6, 6.07) is 41.7. The van der Waals surface area contributed by atoms with Crippen molar-refractivity contribution in [2.24, 2.45) is 0 Å². The van der Waals surface area contributed by atoms with Crippen LogP contribution in [0.15, 0.2) is 121 Å². The maximum atomic E-state index is 11.2. The molecule has 0 aliphatic rings. The summed E-state index contributed by atoms with van der Waals surface area (Å²) in [4.78, 5) is 0. The summed E-state index contributed by atoms with van der Waals surface area (Å²) in [6.07, 6.45) is 0. The monoisotopic (exact) mass is 582 g/mol. The van der Waals surface area contributed by atoms with Crippen LogP contribution in [0, 0.1) is 0 Å². The van der Waals surface area contributed by atoms with Gasteiger partial charge in [-0.3, -0.25) is 0 Å². The van der Waals surface area contributed by atoms with Crippen molar-refractivity contribution in [3.8, 4) is 11.5 Å². The zero-order valence-corrected chi connectivity index (χ0v) is 27.4. The van der Waals surface area contributed by atoms with Crippen molar-refractivity contribution < 1.29 is 10.2 Å². The normalized spacial score (nSPS) is 12.7. The van der Waals surface area contributed by atoms with Crippen LogP contribution in [-0.4, -0.2) is 10.2 Å². The van der Waals surface area contributed by atoms with Gasteiger partial charge in [-0.1, -0.05) is 165 Å². The average molecular weight is 583 g/mol. The highest BCUT2D eigenvalue weighted by Crippen LogP contribution is 2.44. The molecule has 0 saturated heterocycles. The lowest BCUT2D eigenvalue weighted by atomic mass is 9.70. The van der Waals surface area contributed by atoms with Gasteiger partial charge in [-0.25, -0.2) is 0 Å². The lowest BCUT2D eigenvalue weighted by Gasteiger charge is -2.34. The van der Waals surface area contributed by atoms with Gasteiger partial charge < -0.3 is 10.2 Å². The van der Waals surface area contributed by atoms with E-state index in [1.807, 2.05) is 36.4 Å². The fourth-order valence-electron chi connectivity index (χ4n) is 6.50. The second-order valence-electron chi connectivity index (χ2n) is 14.3. The van der Waals surface area contributed by atoms with Gasteiger partial charge in [-0.15, -0.1) is 0 Å². The molecule has 44 heavy (non-hydrogen) atoms. The van der Waals surface area contributed by atoms with Crippen LogP contribution in [0.2, 0.25) is 0 Å². The molecule has 0 aliphatic carbocycles. The van der Waals surface area contributed by atoms with Crippen molar-refractivity contribution in [3.63, 3.8) is 0 Å². The fraction of sp³-hybridized carbons (Fsp3) is 0.286. The quantitative estimate of drug-likeness (QED) is 0.191. The molecule has 2 nitrogen and oxygen atoms in total. The van der Waals surface area contributed by atoms with Crippen molar-refractivity contribution >= 4 is 0 Å². The zero-order valence-electron chi connectivity index (χ0n) is 27.4. The van der Waals surface area contributed by atoms with Crippen LogP contribution in [0.1, 0.15) is 99.9 Å². The molecule has 0 unspecified atom stereocenters. The third-order valence-corrected chi connectivity index (χ3v) is 10.1. The Morgan fingerprint density at radius 2 is 0.636 bits per heavy atom. The molecule has 226 valence electrons. The van der Waals surface area contributed by atoms with Crippen LogP contribution in [0.3, 0.4) is 0 Å². The predicted octanol–water partition coefficient (Wildman–Crippen LogP) is 10.4. The SMILES string of the molecule is CC(C)(c1ccccc1)c1ccc(O)c(C(C)(C)c2cccc(C(C)(C)c3cc(C(C)(C)c4ccccc4)ccc3O)c2)c1. The van der Waals surface area contributed by atoms with Crippen molar-refractivity contribution in [1.82, 2.24) is 0 Å². The zero-order chi connectivity index (χ0) is 31.9. The van der Waals surface area contributed by atoms with Gasteiger partial charge in [0.05, 0.1) is 0 Å². The van der Waals surface area contributed by atoms with Crippen LogP contribution >= 0.6 is 0 Å². The molecule has 0 bridgehead atoms. The van der Waals surface area contributed by atoms with E-state index in [1.165, 1.54) is 11.1 Å². The highest BCUT2D eigenvalue weighted by molar-refractivity contribution is 5.54. The van der Waals surface area contributed by atoms with E-state index in [2.05, 4.69) is 140 Å². The Morgan fingerprint density at radius 3 is 1.00 bits per heavy atom. The van der Waals surface area contributed by atoms with Crippen molar-refractivity contribution in [2.45, 2.75) is 77.0 Å². The predicted molar refractivity (Wildman–Crippen MR) is 184 cm³/mol. The smallest absolute Gasteiger partial charge is 0.119 e. The summed E-state index contributed by atoms with van der Waals surface area (Å²) in [5.74, 6) is 0.585. The van der Waals surface area contributed by atoms with Crippen LogP contribution in [0.4, 0.5) is 0 Å². The second kappa shape index (κ2) is 11.3. The Labute approximate surface area is 264 Å². The molecule has 5 aromatic carbocycles. The lowest BCUT2D eigenvalue weighted by Crippen LogP contribution is -2.25. The standard InChI is InChI=1S/C42H46O2/c1-39(2,29-16-11-9-12-17-29)33-22-24-37(43)35(27-33)41(5,6)31-20-15-21-32(26-31)42(7,8)36-28-34(23-25-38(36)44)40(3,4)30-18-13-10-14-19-30/h9-28,43-44H,1-8H3. The first-order valence-electron chi connectivity index (χ1n) is 15.6.